The molecule has 1 aromatic rings. The minimum Gasteiger partial charge on any atom is -0.474 e. The standard InChI is InChI=1S/C19H26N4O5/c1-19(2,27)10-14-17(25)23(18(26)22-14)11-5-7-12(8-6-11)28-16-13(15(20)24)4-3-9-21-16/h3-4,9,11-12,14,27H,5-8,10H2,1-2H3,(H2,20,24)(H,22,26). The summed E-state index contributed by atoms with van der Waals surface area (Å²) in [4.78, 5) is 41.8. The molecule has 1 unspecified atom stereocenters. The summed E-state index contributed by atoms with van der Waals surface area (Å²) in [7, 11) is 0. The predicted molar refractivity (Wildman–Crippen MR) is 99.5 cm³/mol. The molecule has 3 rings (SSSR count). The summed E-state index contributed by atoms with van der Waals surface area (Å²) in [6.45, 7) is 3.21. The van der Waals surface area contributed by atoms with Gasteiger partial charge in [0, 0.05) is 18.7 Å². The Kier molecular flexibility index (Phi) is 5.55. The van der Waals surface area contributed by atoms with E-state index >= 15 is 0 Å². The highest BCUT2D eigenvalue weighted by Crippen LogP contribution is 2.30. The number of rotatable bonds is 6. The summed E-state index contributed by atoms with van der Waals surface area (Å²) in [6.07, 6.45) is 3.96. The number of pyridine rings is 1. The van der Waals surface area contributed by atoms with Crippen LogP contribution in [0.15, 0.2) is 18.3 Å². The van der Waals surface area contributed by atoms with Gasteiger partial charge in [-0.15, -0.1) is 0 Å². The molecular weight excluding hydrogens is 364 g/mol. The normalized spacial score (nSPS) is 25.5. The molecular formula is C19H26N4O5. The molecule has 2 heterocycles. The van der Waals surface area contributed by atoms with Crippen LogP contribution in [-0.2, 0) is 4.79 Å². The number of aromatic nitrogens is 1. The van der Waals surface area contributed by atoms with Gasteiger partial charge in [-0.25, -0.2) is 9.78 Å². The van der Waals surface area contributed by atoms with Crippen molar-refractivity contribution in [1.29, 1.82) is 0 Å². The zero-order valence-corrected chi connectivity index (χ0v) is 16.1. The Labute approximate surface area is 163 Å². The number of hydrogen-bond acceptors (Lipinski definition) is 6. The second kappa shape index (κ2) is 7.75. The van der Waals surface area contributed by atoms with Gasteiger partial charge in [-0.1, -0.05) is 0 Å². The van der Waals surface area contributed by atoms with Gasteiger partial charge in [0.15, 0.2) is 0 Å². The summed E-state index contributed by atoms with van der Waals surface area (Å²) in [5.41, 5.74) is 4.53. The number of nitrogens with zero attached hydrogens (tertiary/aromatic N) is 2. The fourth-order valence-electron chi connectivity index (χ4n) is 3.78. The van der Waals surface area contributed by atoms with Crippen molar-refractivity contribution in [2.24, 2.45) is 5.73 Å². The van der Waals surface area contributed by atoms with Crippen LogP contribution in [-0.4, -0.2) is 56.6 Å². The van der Waals surface area contributed by atoms with Crippen molar-refractivity contribution >= 4 is 17.8 Å². The molecule has 152 valence electrons. The molecule has 0 spiro atoms. The maximum absolute atomic E-state index is 12.6. The van der Waals surface area contributed by atoms with Crippen molar-refractivity contribution in [3.05, 3.63) is 23.9 Å². The third-order valence-corrected chi connectivity index (χ3v) is 5.08. The highest BCUT2D eigenvalue weighted by molar-refractivity contribution is 6.04. The van der Waals surface area contributed by atoms with Crippen LogP contribution < -0.4 is 15.8 Å². The molecule has 9 heteroatoms. The molecule has 4 N–H and O–H groups in total. The number of imide groups is 1. The van der Waals surface area contributed by atoms with Gasteiger partial charge in [-0.2, -0.15) is 0 Å². The Balaban J connectivity index is 1.59. The lowest BCUT2D eigenvalue weighted by atomic mass is 9.91. The lowest BCUT2D eigenvalue weighted by molar-refractivity contribution is -0.131. The first-order valence-electron chi connectivity index (χ1n) is 9.43. The third kappa shape index (κ3) is 4.41. The Morgan fingerprint density at radius 3 is 2.64 bits per heavy atom. The minimum absolute atomic E-state index is 0.169. The van der Waals surface area contributed by atoms with E-state index in [1.54, 1.807) is 26.0 Å². The molecule has 1 saturated carbocycles. The Bertz CT molecular complexity index is 768. The highest BCUT2D eigenvalue weighted by Gasteiger charge is 2.44. The minimum atomic E-state index is -1.05. The maximum Gasteiger partial charge on any atom is 0.325 e. The van der Waals surface area contributed by atoms with Crippen LogP contribution in [0.3, 0.4) is 0 Å². The average molecular weight is 390 g/mol. The van der Waals surface area contributed by atoms with E-state index in [1.165, 1.54) is 11.1 Å². The summed E-state index contributed by atoms with van der Waals surface area (Å²) in [5.74, 6) is -0.690. The molecule has 2 fully saturated rings. The van der Waals surface area contributed by atoms with Gasteiger partial charge in [0.05, 0.1) is 5.60 Å². The molecule has 1 atom stereocenters. The van der Waals surface area contributed by atoms with Crippen LogP contribution in [0.5, 0.6) is 5.88 Å². The van der Waals surface area contributed by atoms with Gasteiger partial charge >= 0.3 is 6.03 Å². The molecule has 0 radical (unpaired) electrons. The van der Waals surface area contributed by atoms with Gasteiger partial charge in [-0.05, 0) is 51.7 Å². The van der Waals surface area contributed by atoms with E-state index in [-0.39, 0.29) is 35.9 Å². The van der Waals surface area contributed by atoms with Gasteiger partial charge in [0.2, 0.25) is 5.88 Å². The number of amides is 4. The van der Waals surface area contributed by atoms with Gasteiger partial charge < -0.3 is 20.9 Å². The number of ether oxygens (including phenoxy) is 1. The maximum atomic E-state index is 12.6. The smallest absolute Gasteiger partial charge is 0.325 e. The number of urea groups is 1. The molecule has 1 aliphatic heterocycles. The monoisotopic (exact) mass is 390 g/mol. The van der Waals surface area contributed by atoms with E-state index in [4.69, 9.17) is 10.5 Å². The Morgan fingerprint density at radius 1 is 1.36 bits per heavy atom. The molecule has 28 heavy (non-hydrogen) atoms. The Morgan fingerprint density at radius 2 is 2.04 bits per heavy atom. The number of aliphatic hydroxyl groups is 1. The van der Waals surface area contributed by atoms with Crippen LogP contribution >= 0.6 is 0 Å². The van der Waals surface area contributed by atoms with E-state index in [1.807, 2.05) is 0 Å². The second-order valence-electron chi connectivity index (χ2n) is 8.00. The number of hydrogen-bond donors (Lipinski definition) is 3. The average Bonchev–Trinajstić information content (AvgIpc) is 2.88. The fraction of sp³-hybridized carbons (Fsp3) is 0.579. The first kappa shape index (κ1) is 20.1. The van der Waals surface area contributed by atoms with Crippen molar-refractivity contribution < 1.29 is 24.2 Å². The molecule has 1 aromatic heterocycles. The summed E-state index contributed by atoms with van der Waals surface area (Å²) < 4.78 is 5.85. The van der Waals surface area contributed by atoms with E-state index < -0.39 is 23.6 Å². The van der Waals surface area contributed by atoms with Crippen LogP contribution in [0, 0.1) is 0 Å². The van der Waals surface area contributed by atoms with Gasteiger partial charge in [0.1, 0.15) is 17.7 Å². The van der Waals surface area contributed by atoms with Gasteiger partial charge in [0.25, 0.3) is 11.8 Å². The third-order valence-electron chi connectivity index (χ3n) is 5.08. The topological polar surface area (TPSA) is 135 Å². The zero-order valence-electron chi connectivity index (χ0n) is 16.1. The van der Waals surface area contributed by atoms with Crippen LogP contribution in [0.1, 0.15) is 56.3 Å². The van der Waals surface area contributed by atoms with E-state index in [9.17, 15) is 19.5 Å². The molecule has 0 aromatic carbocycles. The van der Waals surface area contributed by atoms with E-state index in [0.717, 1.165) is 0 Å². The lowest BCUT2D eigenvalue weighted by Crippen LogP contribution is -2.44. The van der Waals surface area contributed by atoms with Gasteiger partial charge in [-0.3, -0.25) is 14.5 Å². The molecule has 9 nitrogen and oxygen atoms in total. The van der Waals surface area contributed by atoms with Crippen molar-refractivity contribution in [1.82, 2.24) is 15.2 Å². The van der Waals surface area contributed by atoms with E-state index in [2.05, 4.69) is 10.3 Å². The molecule has 4 amide bonds. The van der Waals surface area contributed by atoms with Crippen molar-refractivity contribution in [3.63, 3.8) is 0 Å². The van der Waals surface area contributed by atoms with Crippen molar-refractivity contribution in [2.45, 2.75) is 69.7 Å². The summed E-state index contributed by atoms with van der Waals surface area (Å²) in [5, 5.41) is 12.6. The molecule has 2 aliphatic rings. The number of carbonyl (C=O) groups is 3. The number of carbonyl (C=O) groups excluding carboxylic acids is 3. The second-order valence-corrected chi connectivity index (χ2v) is 8.00. The molecule has 1 saturated heterocycles. The Hall–Kier alpha value is -2.68. The van der Waals surface area contributed by atoms with Crippen molar-refractivity contribution in [3.8, 4) is 5.88 Å². The van der Waals surface area contributed by atoms with E-state index in [0.29, 0.717) is 25.7 Å². The summed E-state index contributed by atoms with van der Waals surface area (Å²) in [6, 6.07) is 1.86. The number of primary amides is 1. The lowest BCUT2D eigenvalue weighted by Gasteiger charge is -2.33. The van der Waals surface area contributed by atoms with Crippen molar-refractivity contribution in [2.75, 3.05) is 0 Å². The molecule has 1 aliphatic carbocycles. The first-order chi connectivity index (χ1) is 13.2. The predicted octanol–water partition coefficient (Wildman–Crippen LogP) is 0.952. The fourth-order valence-corrected chi connectivity index (χ4v) is 3.78. The zero-order chi connectivity index (χ0) is 20.5. The molecule has 0 bridgehead atoms. The highest BCUT2D eigenvalue weighted by atomic mass is 16.5. The van der Waals surface area contributed by atoms with Crippen LogP contribution in [0.25, 0.3) is 0 Å². The largest absolute Gasteiger partial charge is 0.474 e. The van der Waals surface area contributed by atoms with Crippen LogP contribution in [0.2, 0.25) is 0 Å². The first-order valence-corrected chi connectivity index (χ1v) is 9.43. The number of nitrogens with one attached hydrogen (secondary N) is 1. The summed E-state index contributed by atoms with van der Waals surface area (Å²) >= 11 is 0. The number of nitrogens with two attached hydrogens (primary N) is 1. The quantitative estimate of drug-likeness (QED) is 0.619. The van der Waals surface area contributed by atoms with Crippen LogP contribution in [0.4, 0.5) is 4.79 Å². The SMILES string of the molecule is CC(C)(O)CC1NC(=O)N(C2CCC(Oc3ncccc3C(N)=O)CC2)C1=O.